The highest BCUT2D eigenvalue weighted by Crippen LogP contribution is 2.35. The van der Waals surface area contributed by atoms with Gasteiger partial charge in [0.1, 0.15) is 0 Å². The molecule has 0 aliphatic heterocycles. The van der Waals surface area contributed by atoms with E-state index >= 15 is 0 Å². The van der Waals surface area contributed by atoms with E-state index in [-0.39, 0.29) is 41.1 Å². The first-order valence-electron chi connectivity index (χ1n) is 13.2. The van der Waals surface area contributed by atoms with Crippen molar-refractivity contribution < 1.29 is 32.3 Å². The van der Waals surface area contributed by atoms with Gasteiger partial charge in [-0.05, 0) is 55.7 Å². The van der Waals surface area contributed by atoms with E-state index in [0.717, 1.165) is 25.7 Å². The van der Waals surface area contributed by atoms with Crippen molar-refractivity contribution >= 4 is 49.7 Å². The molecule has 0 bridgehead atoms. The van der Waals surface area contributed by atoms with Gasteiger partial charge in [-0.25, -0.2) is 13.4 Å². The maximum atomic E-state index is 13.4. The van der Waals surface area contributed by atoms with Crippen LogP contribution >= 0.6 is 11.3 Å². The zero-order chi connectivity index (χ0) is 28.0. The van der Waals surface area contributed by atoms with Gasteiger partial charge in [0.25, 0.3) is 5.91 Å². The number of carbonyl (C=O) groups is 3. The summed E-state index contributed by atoms with van der Waals surface area (Å²) in [6.45, 7) is 2.80. The molecule has 1 N–H and O–H groups in total. The molecular formula is C28H34N2O7S2. The van der Waals surface area contributed by atoms with Gasteiger partial charge in [-0.15, -0.1) is 11.3 Å². The van der Waals surface area contributed by atoms with Gasteiger partial charge in [-0.1, -0.05) is 31.1 Å². The van der Waals surface area contributed by atoms with Gasteiger partial charge >= 0.3 is 11.9 Å². The van der Waals surface area contributed by atoms with Crippen LogP contribution in [0, 0.1) is 11.8 Å². The fraction of sp³-hybridized carbons (Fsp3) is 0.500. The highest BCUT2D eigenvalue weighted by atomic mass is 32.2. The molecule has 0 atom stereocenters. The quantitative estimate of drug-likeness (QED) is 0.288. The second-order valence-electron chi connectivity index (χ2n) is 10.2. The Morgan fingerprint density at radius 3 is 2.21 bits per heavy atom. The summed E-state index contributed by atoms with van der Waals surface area (Å²) < 4.78 is 35.4. The number of carbonyl (C=O) groups excluding carboxylic acids is 3. The number of anilines is 1. The van der Waals surface area contributed by atoms with E-state index in [2.05, 4.69) is 10.3 Å². The third kappa shape index (κ3) is 8.22. The zero-order valence-corrected chi connectivity index (χ0v) is 23.8. The molecule has 4 rings (SSSR count). The molecule has 1 aromatic carbocycles. The Bertz CT molecular complexity index is 1300. The molecule has 1 heterocycles. The molecule has 210 valence electrons. The molecule has 1 aromatic heterocycles. The van der Waals surface area contributed by atoms with Crippen molar-refractivity contribution in [3.8, 4) is 0 Å². The van der Waals surface area contributed by atoms with E-state index < -0.39 is 21.8 Å². The van der Waals surface area contributed by atoms with E-state index in [1.807, 2.05) is 11.5 Å². The average molecular weight is 575 g/mol. The fourth-order valence-corrected chi connectivity index (χ4v) is 6.99. The second kappa shape index (κ2) is 12.9. The number of allylic oxidation sites excluding steroid dienone is 1. The second-order valence-corrected chi connectivity index (χ2v) is 13.3. The van der Waals surface area contributed by atoms with Crippen LogP contribution in [0.1, 0.15) is 63.6 Å². The lowest BCUT2D eigenvalue weighted by molar-refractivity contribution is -0.146. The molecule has 0 saturated heterocycles. The minimum Gasteiger partial charge on any atom is -0.465 e. The summed E-state index contributed by atoms with van der Waals surface area (Å²) in [5.41, 5.74) is 1.83. The first-order valence-corrected chi connectivity index (χ1v) is 15.6. The number of esters is 2. The van der Waals surface area contributed by atoms with Crippen LogP contribution in [-0.4, -0.2) is 49.7 Å². The van der Waals surface area contributed by atoms with Crippen molar-refractivity contribution in [1.82, 2.24) is 4.98 Å². The Morgan fingerprint density at radius 2 is 1.64 bits per heavy atom. The number of amides is 1. The van der Waals surface area contributed by atoms with E-state index in [0.29, 0.717) is 41.2 Å². The minimum absolute atomic E-state index is 0.0859. The van der Waals surface area contributed by atoms with Crippen molar-refractivity contribution in [2.75, 3.05) is 18.5 Å². The van der Waals surface area contributed by atoms with Crippen LogP contribution in [-0.2, 0) is 40.1 Å². The van der Waals surface area contributed by atoms with Crippen LogP contribution in [0.2, 0.25) is 0 Å². The number of thiazole rings is 1. The van der Waals surface area contributed by atoms with Gasteiger partial charge in [-0.2, -0.15) is 0 Å². The molecule has 2 fully saturated rings. The Hall–Kier alpha value is -3.05. The van der Waals surface area contributed by atoms with Crippen molar-refractivity contribution in [3.05, 3.63) is 47.0 Å². The predicted molar refractivity (Wildman–Crippen MR) is 148 cm³/mol. The molecule has 39 heavy (non-hydrogen) atoms. The molecule has 11 heteroatoms. The first-order chi connectivity index (χ1) is 18.6. The number of aromatic nitrogens is 1. The van der Waals surface area contributed by atoms with Gasteiger partial charge in [-0.3, -0.25) is 19.7 Å². The van der Waals surface area contributed by atoms with Crippen molar-refractivity contribution in [1.29, 1.82) is 0 Å². The number of hydrogen-bond donors (Lipinski definition) is 1. The van der Waals surface area contributed by atoms with Crippen LogP contribution in [0.15, 0.2) is 40.6 Å². The third-order valence-electron chi connectivity index (χ3n) is 6.82. The Morgan fingerprint density at radius 1 is 1.03 bits per heavy atom. The number of nitrogens with one attached hydrogen (secondary N) is 1. The van der Waals surface area contributed by atoms with Crippen LogP contribution < -0.4 is 5.32 Å². The molecule has 0 unspecified atom stereocenters. The SMILES string of the molecule is CC(=O)OCC(COC(C)=O)Cc1csc(NC(=O)C(=CC2CCCC2)c2ccc(S(=O)(=O)C3CC3)cc2)n1. The molecular weight excluding hydrogens is 540 g/mol. The standard InChI is InChI=1S/C28H34N2O7S2/c1-18(31)36-15-21(16-37-19(2)32)13-23-17-38-28(29-23)30-27(33)26(14-20-5-3-4-6-20)22-7-9-24(10-8-22)39(34,35)25-11-12-25/h7-10,14,17,20-21,25H,3-6,11-13,15-16H2,1-2H3,(H,29,30,33). The highest BCUT2D eigenvalue weighted by Gasteiger charge is 2.36. The summed E-state index contributed by atoms with van der Waals surface area (Å²) in [6.07, 6.45) is 8.05. The maximum Gasteiger partial charge on any atom is 0.302 e. The maximum absolute atomic E-state index is 13.4. The Labute approximate surface area is 232 Å². The number of hydrogen-bond acceptors (Lipinski definition) is 9. The van der Waals surface area contributed by atoms with E-state index in [9.17, 15) is 22.8 Å². The zero-order valence-electron chi connectivity index (χ0n) is 22.2. The number of ether oxygens (including phenoxy) is 2. The summed E-state index contributed by atoms with van der Waals surface area (Å²) >= 11 is 1.27. The molecule has 2 saturated carbocycles. The molecule has 2 aromatic rings. The van der Waals surface area contributed by atoms with Crippen LogP contribution in [0.4, 0.5) is 5.13 Å². The topological polar surface area (TPSA) is 129 Å². The first kappa shape index (κ1) is 28.9. The predicted octanol–water partition coefficient (Wildman–Crippen LogP) is 4.58. The number of benzene rings is 1. The monoisotopic (exact) mass is 574 g/mol. The molecule has 1 amide bonds. The van der Waals surface area contributed by atoms with Crippen molar-refractivity contribution in [3.63, 3.8) is 0 Å². The van der Waals surface area contributed by atoms with Gasteiger partial charge in [0, 0.05) is 30.7 Å². The normalized spacial score (nSPS) is 16.3. The lowest BCUT2D eigenvalue weighted by Crippen LogP contribution is -2.21. The number of nitrogens with zero attached hydrogens (tertiary/aromatic N) is 1. The molecule has 2 aliphatic rings. The van der Waals surface area contributed by atoms with E-state index in [1.165, 1.54) is 25.2 Å². The van der Waals surface area contributed by atoms with E-state index in [1.54, 1.807) is 24.3 Å². The van der Waals surface area contributed by atoms with Gasteiger partial charge in [0.05, 0.1) is 29.1 Å². The van der Waals surface area contributed by atoms with E-state index in [4.69, 9.17) is 9.47 Å². The minimum atomic E-state index is -3.31. The summed E-state index contributed by atoms with van der Waals surface area (Å²) in [5, 5.41) is 4.83. The van der Waals surface area contributed by atoms with Crippen LogP contribution in [0.5, 0.6) is 0 Å². The Balaban J connectivity index is 1.48. The Kier molecular flexibility index (Phi) is 9.55. The third-order valence-corrected chi connectivity index (χ3v) is 9.90. The fourth-order valence-electron chi connectivity index (χ4n) is 4.61. The summed E-state index contributed by atoms with van der Waals surface area (Å²) in [7, 11) is -3.31. The lowest BCUT2D eigenvalue weighted by atomic mass is 9.98. The average Bonchev–Trinajstić information content (AvgIpc) is 3.48. The van der Waals surface area contributed by atoms with Crippen LogP contribution in [0.3, 0.4) is 0 Å². The van der Waals surface area contributed by atoms with Gasteiger partial charge < -0.3 is 9.47 Å². The summed E-state index contributed by atoms with van der Waals surface area (Å²) in [5.74, 6) is -1.14. The lowest BCUT2D eigenvalue weighted by Gasteiger charge is -2.15. The van der Waals surface area contributed by atoms with Crippen molar-refractivity contribution in [2.45, 2.75) is 68.9 Å². The molecule has 0 radical (unpaired) electrons. The smallest absolute Gasteiger partial charge is 0.302 e. The largest absolute Gasteiger partial charge is 0.465 e. The molecule has 2 aliphatic carbocycles. The number of sulfone groups is 1. The van der Waals surface area contributed by atoms with Gasteiger partial charge in [0.15, 0.2) is 15.0 Å². The molecule has 9 nitrogen and oxygen atoms in total. The van der Waals surface area contributed by atoms with Gasteiger partial charge in [0.2, 0.25) is 0 Å². The number of rotatable bonds is 12. The highest BCUT2D eigenvalue weighted by molar-refractivity contribution is 7.92. The summed E-state index contributed by atoms with van der Waals surface area (Å²) in [6, 6.07) is 6.59. The summed E-state index contributed by atoms with van der Waals surface area (Å²) in [4.78, 5) is 40.7. The molecule has 0 spiro atoms. The van der Waals surface area contributed by atoms with Crippen molar-refractivity contribution in [2.24, 2.45) is 11.8 Å². The van der Waals surface area contributed by atoms with Crippen LogP contribution in [0.25, 0.3) is 5.57 Å².